The Morgan fingerprint density at radius 2 is 2.09 bits per heavy atom. The van der Waals surface area contributed by atoms with Crippen molar-refractivity contribution in [2.75, 3.05) is 13.2 Å². The van der Waals surface area contributed by atoms with Gasteiger partial charge in [-0.2, -0.15) is 0 Å². The van der Waals surface area contributed by atoms with Gasteiger partial charge in [0.1, 0.15) is 18.1 Å². The van der Waals surface area contributed by atoms with Crippen molar-refractivity contribution in [1.29, 1.82) is 0 Å². The first-order chi connectivity index (χ1) is 11.3. The summed E-state index contributed by atoms with van der Waals surface area (Å²) in [6.45, 7) is 3.91. The van der Waals surface area contributed by atoms with Crippen LogP contribution in [0.25, 0.3) is 10.2 Å². The molecule has 0 aliphatic carbocycles. The standard InChI is InChI=1S/C18H20N2O2S/c1-2-9-19-18(21)16-13-17-15(8-12-23-17)20(16)10-11-22-14-6-4-3-5-7-14/h3-8,12-13H,2,9-11H2,1H3,(H,19,21). The molecule has 0 radical (unpaired) electrons. The molecule has 5 heteroatoms. The van der Waals surface area contributed by atoms with E-state index in [1.165, 1.54) is 0 Å². The molecule has 0 aliphatic heterocycles. The minimum absolute atomic E-state index is 0.0186. The maximum Gasteiger partial charge on any atom is 0.267 e. The second-order valence-electron chi connectivity index (χ2n) is 5.27. The highest BCUT2D eigenvalue weighted by molar-refractivity contribution is 7.17. The van der Waals surface area contributed by atoms with Gasteiger partial charge in [-0.05, 0) is 36.1 Å². The summed E-state index contributed by atoms with van der Waals surface area (Å²) in [4.78, 5) is 12.4. The van der Waals surface area contributed by atoms with Gasteiger partial charge in [0.15, 0.2) is 0 Å². The van der Waals surface area contributed by atoms with E-state index in [1.807, 2.05) is 53.3 Å². The molecular formula is C18H20N2O2S. The number of benzene rings is 1. The second-order valence-corrected chi connectivity index (χ2v) is 6.22. The Kier molecular flexibility index (Phi) is 4.98. The molecule has 23 heavy (non-hydrogen) atoms. The Labute approximate surface area is 139 Å². The van der Waals surface area contributed by atoms with Gasteiger partial charge in [-0.15, -0.1) is 11.3 Å². The molecule has 0 spiro atoms. The molecule has 0 bridgehead atoms. The number of carbonyl (C=O) groups excluding carboxylic acids is 1. The molecule has 0 saturated carbocycles. The Morgan fingerprint density at radius 3 is 2.87 bits per heavy atom. The van der Waals surface area contributed by atoms with Gasteiger partial charge in [0.05, 0.1) is 16.8 Å². The van der Waals surface area contributed by atoms with E-state index < -0.39 is 0 Å². The van der Waals surface area contributed by atoms with E-state index in [9.17, 15) is 4.79 Å². The zero-order valence-corrected chi connectivity index (χ0v) is 13.9. The van der Waals surface area contributed by atoms with E-state index in [0.717, 1.165) is 22.4 Å². The van der Waals surface area contributed by atoms with Crippen molar-refractivity contribution in [2.24, 2.45) is 0 Å². The molecule has 0 saturated heterocycles. The third-order valence-corrected chi connectivity index (χ3v) is 4.47. The van der Waals surface area contributed by atoms with Gasteiger partial charge in [0.2, 0.25) is 0 Å². The summed E-state index contributed by atoms with van der Waals surface area (Å²) < 4.78 is 8.94. The number of hydrogen-bond acceptors (Lipinski definition) is 3. The predicted molar refractivity (Wildman–Crippen MR) is 94.4 cm³/mol. The number of thiophene rings is 1. The van der Waals surface area contributed by atoms with Crippen LogP contribution in [0.3, 0.4) is 0 Å². The largest absolute Gasteiger partial charge is 0.492 e. The van der Waals surface area contributed by atoms with Crippen LogP contribution in [0.4, 0.5) is 0 Å². The lowest BCUT2D eigenvalue weighted by Crippen LogP contribution is -2.27. The number of para-hydroxylation sites is 1. The van der Waals surface area contributed by atoms with Crippen molar-refractivity contribution in [3.8, 4) is 5.75 Å². The van der Waals surface area contributed by atoms with Crippen molar-refractivity contribution in [2.45, 2.75) is 19.9 Å². The van der Waals surface area contributed by atoms with Gasteiger partial charge in [-0.1, -0.05) is 25.1 Å². The third-order valence-electron chi connectivity index (χ3n) is 3.62. The number of ether oxygens (including phenoxy) is 1. The monoisotopic (exact) mass is 328 g/mol. The first-order valence-electron chi connectivity index (χ1n) is 7.82. The second kappa shape index (κ2) is 7.33. The fourth-order valence-electron chi connectivity index (χ4n) is 2.51. The van der Waals surface area contributed by atoms with E-state index >= 15 is 0 Å². The van der Waals surface area contributed by atoms with E-state index in [0.29, 0.717) is 25.4 Å². The van der Waals surface area contributed by atoms with Crippen molar-refractivity contribution in [1.82, 2.24) is 9.88 Å². The Hall–Kier alpha value is -2.27. The number of aromatic nitrogens is 1. The SMILES string of the molecule is CCCNC(=O)c1cc2sccc2n1CCOc1ccccc1. The summed E-state index contributed by atoms with van der Waals surface area (Å²) in [5.41, 5.74) is 1.80. The average Bonchev–Trinajstić information content (AvgIpc) is 3.16. The van der Waals surface area contributed by atoms with Gasteiger partial charge < -0.3 is 14.6 Å². The van der Waals surface area contributed by atoms with Gasteiger partial charge in [-0.25, -0.2) is 0 Å². The lowest BCUT2D eigenvalue weighted by atomic mass is 10.3. The number of amides is 1. The van der Waals surface area contributed by atoms with Crippen LogP contribution in [-0.4, -0.2) is 23.6 Å². The smallest absolute Gasteiger partial charge is 0.267 e. The molecule has 0 aliphatic rings. The number of rotatable bonds is 7. The summed E-state index contributed by atoms with van der Waals surface area (Å²) in [6.07, 6.45) is 0.929. The molecule has 1 aromatic carbocycles. The molecule has 2 aromatic heterocycles. The molecule has 2 heterocycles. The van der Waals surface area contributed by atoms with Crippen LogP contribution in [-0.2, 0) is 6.54 Å². The Morgan fingerprint density at radius 1 is 1.26 bits per heavy atom. The highest BCUT2D eigenvalue weighted by Crippen LogP contribution is 2.25. The zero-order valence-electron chi connectivity index (χ0n) is 13.1. The first-order valence-corrected chi connectivity index (χ1v) is 8.70. The van der Waals surface area contributed by atoms with Crippen LogP contribution in [0.1, 0.15) is 23.8 Å². The van der Waals surface area contributed by atoms with Crippen molar-refractivity contribution in [3.05, 3.63) is 53.5 Å². The van der Waals surface area contributed by atoms with Crippen LogP contribution in [0.2, 0.25) is 0 Å². The summed E-state index contributed by atoms with van der Waals surface area (Å²) in [5, 5.41) is 5.00. The Balaban J connectivity index is 1.75. The third kappa shape index (κ3) is 3.56. The van der Waals surface area contributed by atoms with Crippen LogP contribution in [0.5, 0.6) is 5.75 Å². The van der Waals surface area contributed by atoms with Gasteiger partial charge >= 0.3 is 0 Å². The number of fused-ring (bicyclic) bond motifs is 1. The fourth-order valence-corrected chi connectivity index (χ4v) is 3.33. The molecule has 3 rings (SSSR count). The molecule has 0 unspecified atom stereocenters. The molecule has 3 aromatic rings. The molecule has 1 amide bonds. The molecule has 4 nitrogen and oxygen atoms in total. The summed E-state index contributed by atoms with van der Waals surface area (Å²) in [7, 11) is 0. The minimum Gasteiger partial charge on any atom is -0.492 e. The van der Waals surface area contributed by atoms with Crippen LogP contribution in [0.15, 0.2) is 47.8 Å². The normalized spacial score (nSPS) is 10.8. The number of carbonyl (C=O) groups is 1. The Bertz CT molecular complexity index is 777. The number of nitrogens with zero attached hydrogens (tertiary/aromatic N) is 1. The highest BCUT2D eigenvalue weighted by Gasteiger charge is 2.15. The first kappa shape index (κ1) is 15.6. The van der Waals surface area contributed by atoms with Crippen LogP contribution < -0.4 is 10.1 Å². The summed E-state index contributed by atoms with van der Waals surface area (Å²) in [5.74, 6) is 0.827. The topological polar surface area (TPSA) is 43.3 Å². The molecule has 120 valence electrons. The van der Waals surface area contributed by atoms with Crippen molar-refractivity contribution < 1.29 is 9.53 Å². The van der Waals surface area contributed by atoms with E-state index in [4.69, 9.17) is 4.74 Å². The van der Waals surface area contributed by atoms with Gasteiger partial charge in [0.25, 0.3) is 5.91 Å². The predicted octanol–water partition coefficient (Wildman–Crippen LogP) is 3.92. The molecule has 0 atom stereocenters. The zero-order chi connectivity index (χ0) is 16.1. The number of hydrogen-bond donors (Lipinski definition) is 1. The lowest BCUT2D eigenvalue weighted by Gasteiger charge is -2.11. The molecule has 1 N–H and O–H groups in total. The summed E-state index contributed by atoms with van der Waals surface area (Å²) >= 11 is 1.65. The van der Waals surface area contributed by atoms with Crippen molar-refractivity contribution >= 4 is 27.5 Å². The summed E-state index contributed by atoms with van der Waals surface area (Å²) in [6, 6.07) is 13.8. The van der Waals surface area contributed by atoms with Crippen molar-refractivity contribution in [3.63, 3.8) is 0 Å². The quantitative estimate of drug-likeness (QED) is 0.714. The molecular weight excluding hydrogens is 308 g/mol. The highest BCUT2D eigenvalue weighted by atomic mass is 32.1. The van der Waals surface area contributed by atoms with Crippen LogP contribution >= 0.6 is 11.3 Å². The average molecular weight is 328 g/mol. The number of nitrogens with one attached hydrogen (secondary N) is 1. The van der Waals surface area contributed by atoms with E-state index in [2.05, 4.69) is 11.4 Å². The van der Waals surface area contributed by atoms with Crippen LogP contribution in [0, 0.1) is 0 Å². The fraction of sp³-hybridized carbons (Fsp3) is 0.278. The van der Waals surface area contributed by atoms with E-state index in [1.54, 1.807) is 11.3 Å². The minimum atomic E-state index is -0.0186. The maximum atomic E-state index is 12.4. The van der Waals surface area contributed by atoms with E-state index in [-0.39, 0.29) is 5.91 Å². The lowest BCUT2D eigenvalue weighted by molar-refractivity contribution is 0.0944. The van der Waals surface area contributed by atoms with Gasteiger partial charge in [0, 0.05) is 6.54 Å². The van der Waals surface area contributed by atoms with Gasteiger partial charge in [-0.3, -0.25) is 4.79 Å². The maximum absolute atomic E-state index is 12.4. The molecule has 0 fully saturated rings.